The van der Waals surface area contributed by atoms with E-state index in [1.165, 1.54) is 6.20 Å². The van der Waals surface area contributed by atoms with Gasteiger partial charge in [-0.3, -0.25) is 9.78 Å². The largest absolute Gasteiger partial charge is 0.418 e. The third kappa shape index (κ3) is 2.63. The van der Waals surface area contributed by atoms with Gasteiger partial charge in [-0.05, 0) is 24.3 Å². The minimum Gasteiger partial charge on any atom is -0.404 e. The Balaban J connectivity index is 1.64. The van der Waals surface area contributed by atoms with Crippen molar-refractivity contribution >= 4 is 39.7 Å². The van der Waals surface area contributed by atoms with Crippen molar-refractivity contribution in [2.45, 2.75) is 6.54 Å². The van der Waals surface area contributed by atoms with Gasteiger partial charge in [0, 0.05) is 28.0 Å². The fourth-order valence-electron chi connectivity index (χ4n) is 2.37. The van der Waals surface area contributed by atoms with Crippen molar-refractivity contribution in [2.24, 2.45) is 0 Å². The Hall–Kier alpha value is -3.13. The van der Waals surface area contributed by atoms with Crippen LogP contribution in [0.2, 0.25) is 5.02 Å². The van der Waals surface area contributed by atoms with Crippen molar-refractivity contribution in [1.82, 2.24) is 19.9 Å². The minimum absolute atomic E-state index is 0.213. The van der Waals surface area contributed by atoms with Gasteiger partial charge < -0.3 is 14.7 Å². The Morgan fingerprint density at radius 2 is 2.08 bits per heavy atom. The molecule has 3 aromatic heterocycles. The molecular formula is C15H10ClN5O3. The van der Waals surface area contributed by atoms with Crippen LogP contribution >= 0.6 is 11.6 Å². The maximum atomic E-state index is 12.1. The first-order chi connectivity index (χ1) is 11.6. The van der Waals surface area contributed by atoms with Crippen LogP contribution in [0, 0.1) is 0 Å². The lowest BCUT2D eigenvalue weighted by Gasteiger charge is -2.06. The summed E-state index contributed by atoms with van der Waals surface area (Å²) in [6, 6.07) is 7.00. The summed E-state index contributed by atoms with van der Waals surface area (Å²) in [4.78, 5) is 36.6. The van der Waals surface area contributed by atoms with Gasteiger partial charge in [0.15, 0.2) is 11.2 Å². The molecule has 0 spiro atoms. The highest BCUT2D eigenvalue weighted by atomic mass is 35.5. The molecule has 4 aromatic rings. The molecule has 0 aliphatic carbocycles. The molecule has 0 aliphatic heterocycles. The molecule has 9 heteroatoms. The number of halogens is 1. The minimum atomic E-state index is -0.598. The van der Waals surface area contributed by atoms with Crippen molar-refractivity contribution in [2.75, 3.05) is 5.32 Å². The maximum absolute atomic E-state index is 12.1. The van der Waals surface area contributed by atoms with Gasteiger partial charge in [-0.1, -0.05) is 11.6 Å². The monoisotopic (exact) mass is 343 g/mol. The molecular weight excluding hydrogens is 334 g/mol. The normalized spacial score (nSPS) is 11.2. The van der Waals surface area contributed by atoms with Crippen LogP contribution < -0.4 is 16.6 Å². The molecule has 8 nitrogen and oxygen atoms in total. The second kappa shape index (κ2) is 5.50. The molecule has 0 aliphatic rings. The van der Waals surface area contributed by atoms with Gasteiger partial charge in [0.05, 0.1) is 6.20 Å². The highest BCUT2D eigenvalue weighted by Crippen LogP contribution is 2.17. The molecule has 24 heavy (non-hydrogen) atoms. The molecule has 3 heterocycles. The summed E-state index contributed by atoms with van der Waals surface area (Å²) in [7, 11) is 0. The molecule has 4 rings (SSSR count). The zero-order valence-corrected chi connectivity index (χ0v) is 12.8. The van der Waals surface area contributed by atoms with Crippen LogP contribution in [0.4, 0.5) is 5.95 Å². The van der Waals surface area contributed by atoms with E-state index in [9.17, 15) is 9.59 Å². The first kappa shape index (κ1) is 14.5. The molecule has 0 saturated carbocycles. The number of pyridine rings is 1. The number of hydrogen-bond donors (Lipinski definition) is 3. The van der Waals surface area contributed by atoms with Crippen LogP contribution in [0.1, 0.15) is 5.56 Å². The van der Waals surface area contributed by atoms with Gasteiger partial charge in [0.2, 0.25) is 5.95 Å². The number of aromatic amines is 2. The number of benzene rings is 1. The van der Waals surface area contributed by atoms with Gasteiger partial charge in [-0.25, -0.2) is 9.78 Å². The summed E-state index contributed by atoms with van der Waals surface area (Å²) in [6.07, 6.45) is 1.38. The van der Waals surface area contributed by atoms with Gasteiger partial charge in [0.1, 0.15) is 0 Å². The summed E-state index contributed by atoms with van der Waals surface area (Å²) in [5.74, 6) is -0.329. The molecule has 0 unspecified atom stereocenters. The number of fused-ring (bicyclic) bond motifs is 2. The number of nitrogens with one attached hydrogen (secondary N) is 3. The first-order valence-corrected chi connectivity index (χ1v) is 7.37. The fourth-order valence-corrected chi connectivity index (χ4v) is 2.55. The lowest BCUT2D eigenvalue weighted by atomic mass is 10.1. The second-order valence-corrected chi connectivity index (χ2v) is 5.57. The van der Waals surface area contributed by atoms with Crippen molar-refractivity contribution < 1.29 is 4.42 Å². The van der Waals surface area contributed by atoms with E-state index in [1.54, 1.807) is 24.3 Å². The van der Waals surface area contributed by atoms with E-state index in [0.717, 1.165) is 5.39 Å². The molecule has 120 valence electrons. The summed E-state index contributed by atoms with van der Waals surface area (Å²) in [5, 5.41) is 4.36. The van der Waals surface area contributed by atoms with Crippen LogP contribution in [-0.2, 0) is 6.54 Å². The van der Waals surface area contributed by atoms with Gasteiger partial charge in [-0.2, -0.15) is 4.98 Å². The van der Waals surface area contributed by atoms with Crippen LogP contribution in [0.3, 0.4) is 0 Å². The third-order valence-corrected chi connectivity index (χ3v) is 3.73. The van der Waals surface area contributed by atoms with Crippen LogP contribution in [-0.4, -0.2) is 19.9 Å². The standard InChI is InChI=1S/C15H10ClN5O3/c16-9-1-2-10-7(4-9)3-8(13(22)19-10)5-17-14-18-6-11-12(20-14)21-15(23)24-11/h1-4,6H,5H2,(H,19,22)(H2,17,18,20,21,23). The molecule has 0 fully saturated rings. The average Bonchev–Trinajstić information content (AvgIpc) is 2.92. The van der Waals surface area contributed by atoms with E-state index in [1.807, 2.05) is 0 Å². The lowest BCUT2D eigenvalue weighted by molar-refractivity contribution is 0.554. The lowest BCUT2D eigenvalue weighted by Crippen LogP contribution is -2.16. The number of aromatic nitrogens is 4. The van der Waals surface area contributed by atoms with Crippen molar-refractivity contribution in [3.05, 3.63) is 62.0 Å². The quantitative estimate of drug-likeness (QED) is 0.524. The number of hydrogen-bond acceptors (Lipinski definition) is 6. The topological polar surface area (TPSA) is 117 Å². The highest BCUT2D eigenvalue weighted by Gasteiger charge is 2.07. The van der Waals surface area contributed by atoms with E-state index in [0.29, 0.717) is 16.1 Å². The maximum Gasteiger partial charge on any atom is 0.418 e. The fraction of sp³-hybridized carbons (Fsp3) is 0.0667. The number of nitrogens with zero attached hydrogens (tertiary/aromatic N) is 2. The zero-order chi connectivity index (χ0) is 16.7. The molecule has 3 N–H and O–H groups in total. The third-order valence-electron chi connectivity index (χ3n) is 3.50. The number of H-pyrrole nitrogens is 2. The van der Waals surface area contributed by atoms with E-state index >= 15 is 0 Å². The molecule has 0 amide bonds. The Labute approximate surface area is 138 Å². The molecule has 0 atom stereocenters. The van der Waals surface area contributed by atoms with Crippen molar-refractivity contribution in [3.63, 3.8) is 0 Å². The highest BCUT2D eigenvalue weighted by molar-refractivity contribution is 6.31. The molecule has 0 bridgehead atoms. The average molecular weight is 344 g/mol. The van der Waals surface area contributed by atoms with Crippen LogP contribution in [0.25, 0.3) is 22.1 Å². The Morgan fingerprint density at radius 3 is 2.96 bits per heavy atom. The Kier molecular flexibility index (Phi) is 3.31. The van der Waals surface area contributed by atoms with Crippen molar-refractivity contribution in [1.29, 1.82) is 0 Å². The van der Waals surface area contributed by atoms with E-state index < -0.39 is 5.76 Å². The zero-order valence-electron chi connectivity index (χ0n) is 12.1. The summed E-state index contributed by atoms with van der Waals surface area (Å²) < 4.78 is 4.83. The summed E-state index contributed by atoms with van der Waals surface area (Å²) in [6.45, 7) is 0.214. The van der Waals surface area contributed by atoms with Crippen LogP contribution in [0.15, 0.2) is 44.5 Å². The number of rotatable bonds is 3. The van der Waals surface area contributed by atoms with Crippen molar-refractivity contribution in [3.8, 4) is 0 Å². The predicted octanol–water partition coefficient (Wildman–Crippen LogP) is 2.02. The second-order valence-electron chi connectivity index (χ2n) is 5.13. The van der Waals surface area contributed by atoms with Gasteiger partial charge in [-0.15, -0.1) is 0 Å². The first-order valence-electron chi connectivity index (χ1n) is 7.00. The van der Waals surface area contributed by atoms with Crippen LogP contribution in [0.5, 0.6) is 0 Å². The molecule has 0 radical (unpaired) electrons. The smallest absolute Gasteiger partial charge is 0.404 e. The number of oxazole rings is 1. The molecule has 1 aromatic carbocycles. The van der Waals surface area contributed by atoms with Gasteiger partial charge in [0.25, 0.3) is 5.56 Å². The molecule has 0 saturated heterocycles. The van der Waals surface area contributed by atoms with E-state index in [-0.39, 0.29) is 29.3 Å². The number of anilines is 1. The SMILES string of the molecule is O=c1[nH]c2nc(NCc3cc4cc(Cl)ccc4[nH]c3=O)ncc2o1. The van der Waals surface area contributed by atoms with E-state index in [4.69, 9.17) is 16.0 Å². The summed E-state index contributed by atoms with van der Waals surface area (Å²) >= 11 is 5.98. The van der Waals surface area contributed by atoms with E-state index in [2.05, 4.69) is 25.3 Å². The summed E-state index contributed by atoms with van der Waals surface area (Å²) in [5.41, 5.74) is 1.56. The Bertz CT molecular complexity index is 1180. The predicted molar refractivity (Wildman–Crippen MR) is 89.3 cm³/mol. The Morgan fingerprint density at radius 1 is 1.21 bits per heavy atom. The van der Waals surface area contributed by atoms with Gasteiger partial charge >= 0.3 is 5.76 Å².